The molecule has 1 aromatic carbocycles. The first-order valence-electron chi connectivity index (χ1n) is 5.41. The smallest absolute Gasteiger partial charge is 0.0681 e. The van der Waals surface area contributed by atoms with Crippen LogP contribution in [0.3, 0.4) is 0 Å². The van der Waals surface area contributed by atoms with Gasteiger partial charge in [-0.15, -0.1) is 11.3 Å². The molecule has 4 heteroatoms. The van der Waals surface area contributed by atoms with E-state index in [4.69, 9.17) is 5.11 Å². The molecular weight excluding hydrogens is 298 g/mol. The van der Waals surface area contributed by atoms with Gasteiger partial charge in [0.2, 0.25) is 0 Å². The lowest BCUT2D eigenvalue weighted by Gasteiger charge is -2.05. The van der Waals surface area contributed by atoms with Crippen molar-refractivity contribution in [1.82, 2.24) is 5.32 Å². The summed E-state index contributed by atoms with van der Waals surface area (Å²) in [6.45, 7) is 1.78. The SMILES string of the molecule is OCc1cccc(CNCc2sccc2Br)c1. The molecule has 0 fully saturated rings. The third-order valence-electron chi connectivity index (χ3n) is 2.48. The van der Waals surface area contributed by atoms with Crippen molar-refractivity contribution in [3.63, 3.8) is 0 Å². The topological polar surface area (TPSA) is 32.3 Å². The minimum atomic E-state index is 0.102. The van der Waals surface area contributed by atoms with Gasteiger partial charge in [-0.1, -0.05) is 24.3 Å². The lowest BCUT2D eigenvalue weighted by Crippen LogP contribution is -2.12. The number of aliphatic hydroxyl groups is 1. The molecule has 1 heterocycles. The van der Waals surface area contributed by atoms with Gasteiger partial charge in [-0.2, -0.15) is 0 Å². The highest BCUT2D eigenvalue weighted by atomic mass is 79.9. The average Bonchev–Trinajstić information content (AvgIpc) is 2.76. The summed E-state index contributed by atoms with van der Waals surface area (Å²) in [7, 11) is 0. The zero-order valence-electron chi connectivity index (χ0n) is 9.32. The molecule has 2 N–H and O–H groups in total. The van der Waals surface area contributed by atoms with Crippen LogP contribution in [0.25, 0.3) is 0 Å². The van der Waals surface area contributed by atoms with Gasteiger partial charge in [0, 0.05) is 22.4 Å². The van der Waals surface area contributed by atoms with Crippen LogP contribution < -0.4 is 5.32 Å². The third kappa shape index (κ3) is 3.64. The monoisotopic (exact) mass is 311 g/mol. The van der Waals surface area contributed by atoms with Crippen LogP contribution in [0.5, 0.6) is 0 Å². The number of benzene rings is 1. The Hall–Kier alpha value is -0.680. The maximum atomic E-state index is 9.05. The van der Waals surface area contributed by atoms with Crippen LogP contribution in [-0.4, -0.2) is 5.11 Å². The van der Waals surface area contributed by atoms with E-state index in [9.17, 15) is 0 Å². The molecule has 0 bridgehead atoms. The van der Waals surface area contributed by atoms with E-state index in [1.165, 1.54) is 14.9 Å². The molecule has 90 valence electrons. The maximum Gasteiger partial charge on any atom is 0.0681 e. The Kier molecular flexibility index (Phi) is 4.74. The molecule has 0 aliphatic rings. The normalized spacial score (nSPS) is 10.7. The number of aliphatic hydroxyl groups excluding tert-OH is 1. The zero-order valence-corrected chi connectivity index (χ0v) is 11.7. The van der Waals surface area contributed by atoms with Crippen LogP contribution in [0, 0.1) is 0 Å². The zero-order chi connectivity index (χ0) is 12.1. The molecule has 2 aromatic rings. The summed E-state index contributed by atoms with van der Waals surface area (Å²) in [5.74, 6) is 0. The molecule has 0 saturated carbocycles. The van der Waals surface area contributed by atoms with Crippen molar-refractivity contribution >= 4 is 27.3 Å². The Morgan fingerprint density at radius 3 is 2.71 bits per heavy atom. The second-order valence-electron chi connectivity index (χ2n) is 3.77. The van der Waals surface area contributed by atoms with Gasteiger partial charge in [-0.3, -0.25) is 0 Å². The van der Waals surface area contributed by atoms with Gasteiger partial charge in [-0.25, -0.2) is 0 Å². The maximum absolute atomic E-state index is 9.05. The van der Waals surface area contributed by atoms with Crippen LogP contribution in [0.4, 0.5) is 0 Å². The van der Waals surface area contributed by atoms with Crippen molar-refractivity contribution in [2.75, 3.05) is 0 Å². The molecule has 0 amide bonds. The molecule has 0 aliphatic heterocycles. The molecule has 0 unspecified atom stereocenters. The number of hydrogen-bond donors (Lipinski definition) is 2. The summed E-state index contributed by atoms with van der Waals surface area (Å²) in [5.41, 5.74) is 2.16. The summed E-state index contributed by atoms with van der Waals surface area (Å²) in [6.07, 6.45) is 0. The van der Waals surface area contributed by atoms with E-state index in [1.54, 1.807) is 11.3 Å². The van der Waals surface area contributed by atoms with Gasteiger partial charge in [0.25, 0.3) is 0 Å². The number of thiophene rings is 1. The van der Waals surface area contributed by atoms with Crippen LogP contribution >= 0.6 is 27.3 Å². The van der Waals surface area contributed by atoms with Crippen molar-refractivity contribution in [3.05, 3.63) is 56.2 Å². The van der Waals surface area contributed by atoms with Crippen molar-refractivity contribution < 1.29 is 5.11 Å². The quantitative estimate of drug-likeness (QED) is 0.888. The summed E-state index contributed by atoms with van der Waals surface area (Å²) in [6, 6.07) is 10.1. The molecule has 2 nitrogen and oxygen atoms in total. The van der Waals surface area contributed by atoms with E-state index in [0.717, 1.165) is 18.7 Å². The van der Waals surface area contributed by atoms with E-state index in [1.807, 2.05) is 18.2 Å². The van der Waals surface area contributed by atoms with E-state index in [-0.39, 0.29) is 6.61 Å². The fraction of sp³-hybridized carbons (Fsp3) is 0.231. The standard InChI is InChI=1S/C13H14BrNOS/c14-12-4-5-17-13(12)8-15-7-10-2-1-3-11(6-10)9-16/h1-6,15-16H,7-9H2. The van der Waals surface area contributed by atoms with Crippen molar-refractivity contribution in [3.8, 4) is 0 Å². The highest BCUT2D eigenvalue weighted by molar-refractivity contribution is 9.10. The van der Waals surface area contributed by atoms with Crippen molar-refractivity contribution in [1.29, 1.82) is 0 Å². The number of rotatable bonds is 5. The lowest BCUT2D eigenvalue weighted by molar-refractivity contribution is 0.281. The summed E-state index contributed by atoms with van der Waals surface area (Å²) >= 11 is 5.26. The van der Waals surface area contributed by atoms with Gasteiger partial charge < -0.3 is 10.4 Å². The van der Waals surface area contributed by atoms with Crippen LogP contribution in [0.1, 0.15) is 16.0 Å². The number of hydrogen-bond acceptors (Lipinski definition) is 3. The second kappa shape index (κ2) is 6.31. The van der Waals surface area contributed by atoms with E-state index in [2.05, 4.69) is 38.8 Å². The van der Waals surface area contributed by atoms with Crippen LogP contribution in [0.15, 0.2) is 40.2 Å². The Labute approximate surface area is 113 Å². The highest BCUT2D eigenvalue weighted by Gasteiger charge is 2.00. The fourth-order valence-corrected chi connectivity index (χ4v) is 3.07. The lowest BCUT2D eigenvalue weighted by atomic mass is 10.1. The number of nitrogens with one attached hydrogen (secondary N) is 1. The third-order valence-corrected chi connectivity index (χ3v) is 4.41. The molecule has 0 radical (unpaired) electrons. The minimum Gasteiger partial charge on any atom is -0.392 e. The first kappa shape index (κ1) is 12.8. The van der Waals surface area contributed by atoms with E-state index >= 15 is 0 Å². The van der Waals surface area contributed by atoms with Gasteiger partial charge >= 0.3 is 0 Å². The molecule has 0 spiro atoms. The van der Waals surface area contributed by atoms with E-state index in [0.29, 0.717) is 0 Å². The first-order valence-corrected chi connectivity index (χ1v) is 7.08. The van der Waals surface area contributed by atoms with Crippen molar-refractivity contribution in [2.24, 2.45) is 0 Å². The molecule has 0 saturated heterocycles. The van der Waals surface area contributed by atoms with Gasteiger partial charge in [0.05, 0.1) is 6.61 Å². The molecule has 0 atom stereocenters. The van der Waals surface area contributed by atoms with Gasteiger partial charge in [0.15, 0.2) is 0 Å². The molecule has 2 rings (SSSR count). The minimum absolute atomic E-state index is 0.102. The van der Waals surface area contributed by atoms with Crippen LogP contribution in [-0.2, 0) is 19.7 Å². The fourth-order valence-electron chi connectivity index (χ4n) is 1.61. The van der Waals surface area contributed by atoms with Crippen LogP contribution in [0.2, 0.25) is 0 Å². The highest BCUT2D eigenvalue weighted by Crippen LogP contribution is 2.22. The molecule has 17 heavy (non-hydrogen) atoms. The summed E-state index contributed by atoms with van der Waals surface area (Å²) < 4.78 is 1.17. The van der Waals surface area contributed by atoms with Gasteiger partial charge in [0.1, 0.15) is 0 Å². The Balaban J connectivity index is 1.87. The molecular formula is C13H14BrNOS. The predicted octanol–water partition coefficient (Wildman–Crippen LogP) is 3.29. The molecule has 1 aromatic heterocycles. The van der Waals surface area contributed by atoms with Gasteiger partial charge in [-0.05, 0) is 38.5 Å². The Morgan fingerprint density at radius 2 is 2.00 bits per heavy atom. The second-order valence-corrected chi connectivity index (χ2v) is 5.63. The van der Waals surface area contributed by atoms with Crippen molar-refractivity contribution in [2.45, 2.75) is 19.7 Å². The summed E-state index contributed by atoms with van der Waals surface area (Å²) in [5, 5.41) is 14.5. The Morgan fingerprint density at radius 1 is 1.18 bits per heavy atom. The molecule has 0 aliphatic carbocycles. The number of halogens is 1. The average molecular weight is 312 g/mol. The largest absolute Gasteiger partial charge is 0.392 e. The summed E-state index contributed by atoms with van der Waals surface area (Å²) in [4.78, 5) is 1.31. The van der Waals surface area contributed by atoms with E-state index < -0.39 is 0 Å². The predicted molar refractivity (Wildman–Crippen MR) is 74.9 cm³/mol. The first-order chi connectivity index (χ1) is 8.29. The Bertz CT molecular complexity index is 484.